The van der Waals surface area contributed by atoms with Crippen molar-refractivity contribution in [3.63, 3.8) is 0 Å². The third-order valence-corrected chi connectivity index (χ3v) is 4.21. The van der Waals surface area contributed by atoms with Crippen molar-refractivity contribution in [2.75, 3.05) is 13.2 Å². The maximum Gasteiger partial charge on any atom is 0.186 e. The lowest BCUT2D eigenvalue weighted by molar-refractivity contribution is 0.269. The minimum Gasteiger partial charge on any atom is -0.490 e. The first-order valence-corrected chi connectivity index (χ1v) is 9.60. The zero-order chi connectivity index (χ0) is 19.6. The van der Waals surface area contributed by atoms with Gasteiger partial charge in [0, 0.05) is 22.2 Å². The predicted molar refractivity (Wildman–Crippen MR) is 115 cm³/mol. The van der Waals surface area contributed by atoms with Crippen LogP contribution >= 0.6 is 35.4 Å². The van der Waals surface area contributed by atoms with E-state index in [2.05, 4.69) is 15.8 Å². The fraction of sp³-hybridized carbons (Fsp3) is 0.263. The average Bonchev–Trinajstić information content (AvgIpc) is 2.63. The van der Waals surface area contributed by atoms with Crippen molar-refractivity contribution in [1.29, 1.82) is 0 Å². The Balaban J connectivity index is 2.07. The van der Waals surface area contributed by atoms with E-state index in [1.165, 1.54) is 0 Å². The minimum absolute atomic E-state index is 0.308. The molecular weight excluding hydrogens is 405 g/mol. The van der Waals surface area contributed by atoms with Crippen molar-refractivity contribution in [3.05, 3.63) is 57.6 Å². The van der Waals surface area contributed by atoms with Crippen molar-refractivity contribution in [1.82, 2.24) is 10.7 Å². The van der Waals surface area contributed by atoms with Crippen LogP contribution in [0, 0.1) is 0 Å². The summed E-state index contributed by atoms with van der Waals surface area (Å²) in [5.41, 5.74) is 4.44. The van der Waals surface area contributed by atoms with E-state index in [1.54, 1.807) is 18.3 Å². The second-order valence-corrected chi connectivity index (χ2v) is 6.64. The number of thiocarbonyl (C=S) groups is 1. The monoisotopic (exact) mass is 425 g/mol. The SMILES string of the molecule is CCNC(=S)N/N=C\c1ccc(OCc2ccc(Cl)cc2Cl)c(OCC)c1. The molecule has 0 saturated heterocycles. The Kier molecular flexibility index (Phi) is 8.64. The molecule has 0 aliphatic carbocycles. The first kappa shape index (κ1) is 21.3. The Hall–Kier alpha value is -2.02. The van der Waals surface area contributed by atoms with Crippen molar-refractivity contribution in [2.24, 2.45) is 5.10 Å². The molecule has 27 heavy (non-hydrogen) atoms. The Morgan fingerprint density at radius 1 is 1.11 bits per heavy atom. The molecule has 0 saturated carbocycles. The summed E-state index contributed by atoms with van der Waals surface area (Å²) in [5, 5.41) is 8.68. The molecule has 2 rings (SSSR count). The van der Waals surface area contributed by atoms with Crippen LogP contribution in [0.25, 0.3) is 0 Å². The zero-order valence-electron chi connectivity index (χ0n) is 15.1. The van der Waals surface area contributed by atoms with Crippen molar-refractivity contribution in [2.45, 2.75) is 20.5 Å². The Morgan fingerprint density at radius 3 is 2.63 bits per heavy atom. The number of hydrogen-bond donors (Lipinski definition) is 2. The van der Waals surface area contributed by atoms with Gasteiger partial charge in [0.25, 0.3) is 0 Å². The Bertz CT molecular complexity index is 816. The van der Waals surface area contributed by atoms with E-state index in [0.717, 1.165) is 17.7 Å². The summed E-state index contributed by atoms with van der Waals surface area (Å²) < 4.78 is 11.6. The van der Waals surface area contributed by atoms with Crippen LogP contribution in [0.3, 0.4) is 0 Å². The highest BCUT2D eigenvalue weighted by Crippen LogP contribution is 2.30. The van der Waals surface area contributed by atoms with Crippen LogP contribution in [0.15, 0.2) is 41.5 Å². The van der Waals surface area contributed by atoms with E-state index in [4.69, 9.17) is 44.9 Å². The number of halogens is 2. The highest BCUT2D eigenvalue weighted by Gasteiger charge is 2.08. The highest BCUT2D eigenvalue weighted by atomic mass is 35.5. The van der Waals surface area contributed by atoms with Gasteiger partial charge < -0.3 is 14.8 Å². The molecular formula is C19H21Cl2N3O2S. The largest absolute Gasteiger partial charge is 0.490 e. The van der Waals surface area contributed by atoms with Crippen LogP contribution in [-0.2, 0) is 6.61 Å². The number of ether oxygens (including phenoxy) is 2. The van der Waals surface area contributed by atoms with Crippen molar-refractivity contribution < 1.29 is 9.47 Å². The normalized spacial score (nSPS) is 10.7. The number of hydrazone groups is 1. The molecule has 0 atom stereocenters. The van der Waals surface area contributed by atoms with Gasteiger partial charge in [0.1, 0.15) is 6.61 Å². The second kappa shape index (κ2) is 11.0. The number of benzene rings is 2. The summed E-state index contributed by atoms with van der Waals surface area (Å²) in [5.74, 6) is 1.25. The number of rotatable bonds is 8. The number of nitrogens with zero attached hydrogens (tertiary/aromatic N) is 1. The van der Waals surface area contributed by atoms with Crippen LogP contribution in [0.2, 0.25) is 10.0 Å². The van der Waals surface area contributed by atoms with Gasteiger partial charge in [-0.25, -0.2) is 0 Å². The molecule has 0 unspecified atom stereocenters. The van der Waals surface area contributed by atoms with Crippen LogP contribution in [0.4, 0.5) is 0 Å². The van der Waals surface area contributed by atoms with Gasteiger partial charge in [0.2, 0.25) is 0 Å². The van der Waals surface area contributed by atoms with Crippen molar-refractivity contribution >= 4 is 46.7 Å². The van der Waals surface area contributed by atoms with Crippen LogP contribution in [0.1, 0.15) is 25.0 Å². The van der Waals surface area contributed by atoms with Gasteiger partial charge in [-0.1, -0.05) is 29.3 Å². The molecule has 0 aliphatic rings. The molecule has 8 heteroatoms. The van der Waals surface area contributed by atoms with Crippen LogP contribution < -0.4 is 20.2 Å². The summed E-state index contributed by atoms with van der Waals surface area (Å²) in [6, 6.07) is 10.9. The molecule has 0 bridgehead atoms. The molecule has 2 aromatic rings. The van der Waals surface area contributed by atoms with Gasteiger partial charge in [-0.3, -0.25) is 5.43 Å². The molecule has 0 aliphatic heterocycles. The third-order valence-electron chi connectivity index (χ3n) is 3.38. The fourth-order valence-corrected chi connectivity index (χ4v) is 2.81. The summed E-state index contributed by atoms with van der Waals surface area (Å²) in [7, 11) is 0. The first-order valence-electron chi connectivity index (χ1n) is 8.44. The quantitative estimate of drug-likeness (QED) is 0.361. The third kappa shape index (κ3) is 6.90. The van der Waals surface area contributed by atoms with E-state index >= 15 is 0 Å². The first-order chi connectivity index (χ1) is 13.0. The summed E-state index contributed by atoms with van der Waals surface area (Å²) in [6.07, 6.45) is 1.66. The molecule has 0 radical (unpaired) electrons. The average molecular weight is 426 g/mol. The maximum atomic E-state index is 6.19. The van der Waals surface area contributed by atoms with Gasteiger partial charge in [0.05, 0.1) is 12.8 Å². The molecule has 0 spiro atoms. The lowest BCUT2D eigenvalue weighted by atomic mass is 10.2. The lowest BCUT2D eigenvalue weighted by Crippen LogP contribution is -2.31. The van der Waals surface area contributed by atoms with E-state index in [-0.39, 0.29) is 0 Å². The molecule has 0 heterocycles. The number of nitrogens with one attached hydrogen (secondary N) is 2. The lowest BCUT2D eigenvalue weighted by Gasteiger charge is -2.13. The van der Waals surface area contributed by atoms with E-state index in [9.17, 15) is 0 Å². The number of hydrogen-bond acceptors (Lipinski definition) is 4. The Morgan fingerprint density at radius 2 is 1.93 bits per heavy atom. The molecule has 0 amide bonds. The molecule has 2 N–H and O–H groups in total. The molecule has 5 nitrogen and oxygen atoms in total. The topological polar surface area (TPSA) is 54.9 Å². The Labute approximate surface area is 174 Å². The summed E-state index contributed by atoms with van der Waals surface area (Å²) >= 11 is 17.2. The summed E-state index contributed by atoms with van der Waals surface area (Å²) in [6.45, 7) is 5.43. The van der Waals surface area contributed by atoms with E-state index in [0.29, 0.717) is 39.9 Å². The second-order valence-electron chi connectivity index (χ2n) is 5.39. The molecule has 2 aromatic carbocycles. The fourth-order valence-electron chi connectivity index (χ4n) is 2.15. The maximum absolute atomic E-state index is 6.19. The van der Waals surface area contributed by atoms with Gasteiger partial charge in [-0.15, -0.1) is 0 Å². The van der Waals surface area contributed by atoms with Gasteiger partial charge in [-0.05, 0) is 62.0 Å². The van der Waals surface area contributed by atoms with Gasteiger partial charge in [-0.2, -0.15) is 5.10 Å². The zero-order valence-corrected chi connectivity index (χ0v) is 17.4. The summed E-state index contributed by atoms with van der Waals surface area (Å²) in [4.78, 5) is 0. The van der Waals surface area contributed by atoms with Gasteiger partial charge in [0.15, 0.2) is 16.6 Å². The van der Waals surface area contributed by atoms with Crippen LogP contribution in [0.5, 0.6) is 11.5 Å². The van der Waals surface area contributed by atoms with Gasteiger partial charge >= 0.3 is 0 Å². The highest BCUT2D eigenvalue weighted by molar-refractivity contribution is 7.80. The molecule has 144 valence electrons. The smallest absolute Gasteiger partial charge is 0.186 e. The van der Waals surface area contributed by atoms with E-state index < -0.39 is 0 Å². The van der Waals surface area contributed by atoms with Crippen molar-refractivity contribution in [3.8, 4) is 11.5 Å². The standard InChI is InChI=1S/C19H21Cl2N3O2S/c1-3-22-19(27)24-23-11-13-5-8-17(18(9-13)25-4-2)26-12-14-6-7-15(20)10-16(14)21/h5-11H,3-4,12H2,1-2H3,(H2,22,24,27)/b23-11-. The van der Waals surface area contributed by atoms with E-state index in [1.807, 2.05) is 38.1 Å². The molecule has 0 aromatic heterocycles. The molecule has 0 fully saturated rings. The van der Waals surface area contributed by atoms with Crippen LogP contribution in [-0.4, -0.2) is 24.5 Å². The predicted octanol–water partition coefficient (Wildman–Crippen LogP) is 4.79. The minimum atomic E-state index is 0.308.